The van der Waals surface area contributed by atoms with Gasteiger partial charge >= 0.3 is 0 Å². The second-order valence-corrected chi connectivity index (χ2v) is 5.40. The van der Waals surface area contributed by atoms with Crippen LogP contribution in [0.1, 0.15) is 17.5 Å². The first-order chi connectivity index (χ1) is 11.3. The molecule has 0 fully saturated rings. The van der Waals surface area contributed by atoms with Gasteiger partial charge in [0.2, 0.25) is 0 Å². The highest BCUT2D eigenvalue weighted by atomic mass is 16.1. The summed E-state index contributed by atoms with van der Waals surface area (Å²) in [6.07, 6.45) is 3.70. The summed E-state index contributed by atoms with van der Waals surface area (Å²) in [4.78, 5) is 15.8. The molecule has 2 heterocycles. The zero-order valence-corrected chi connectivity index (χ0v) is 12.3. The van der Waals surface area contributed by atoms with Gasteiger partial charge < -0.3 is 0 Å². The molecule has 0 unspecified atom stereocenters. The third kappa shape index (κ3) is 2.55. The second-order valence-electron chi connectivity index (χ2n) is 5.40. The van der Waals surface area contributed by atoms with Gasteiger partial charge in [-0.1, -0.05) is 36.4 Å². The summed E-state index contributed by atoms with van der Waals surface area (Å²) < 4.78 is 0. The molecule has 0 saturated carbocycles. The topological polar surface area (TPSA) is 54.7 Å². The monoisotopic (exact) mass is 299 g/mol. The molecule has 23 heavy (non-hydrogen) atoms. The first-order valence-electron chi connectivity index (χ1n) is 7.38. The Morgan fingerprint density at radius 1 is 0.783 bits per heavy atom. The number of pyridine rings is 1. The summed E-state index contributed by atoms with van der Waals surface area (Å²) >= 11 is 0. The summed E-state index contributed by atoms with van der Waals surface area (Å²) in [6, 6.07) is 18.1. The number of hydrogen-bond donors (Lipinski definition) is 0. The molecule has 0 spiro atoms. The fourth-order valence-corrected chi connectivity index (χ4v) is 2.80. The number of amides is 1. The molecule has 3 aromatic rings. The number of carbonyl (C=O) groups is 1. The lowest BCUT2D eigenvalue weighted by Gasteiger charge is -2.14. The quantitative estimate of drug-likeness (QED) is 0.700. The number of hydrogen-bond acceptors (Lipinski definition) is 3. The molecule has 4 heteroatoms. The smallest absolute Gasteiger partial charge is 0.269 e. The van der Waals surface area contributed by atoms with E-state index < -0.39 is 0 Å². The molecule has 2 aromatic carbocycles. The fourth-order valence-electron chi connectivity index (χ4n) is 2.80. The van der Waals surface area contributed by atoms with Gasteiger partial charge in [-0.15, -0.1) is 10.2 Å². The van der Waals surface area contributed by atoms with Gasteiger partial charge in [0.1, 0.15) is 0 Å². The van der Waals surface area contributed by atoms with Gasteiger partial charge in [-0.2, -0.15) is 0 Å². The molecule has 1 aromatic heterocycles. The molecule has 0 atom stereocenters. The van der Waals surface area contributed by atoms with E-state index in [0.717, 1.165) is 27.8 Å². The average Bonchev–Trinajstić information content (AvgIpc) is 2.62. The first-order valence-corrected chi connectivity index (χ1v) is 7.38. The van der Waals surface area contributed by atoms with E-state index >= 15 is 0 Å². The van der Waals surface area contributed by atoms with E-state index in [1.807, 2.05) is 30.3 Å². The molecule has 1 aliphatic heterocycles. The first kappa shape index (κ1) is 13.5. The van der Waals surface area contributed by atoms with Gasteiger partial charge in [0.15, 0.2) is 0 Å². The molecular weight excluding hydrogens is 286 g/mol. The van der Waals surface area contributed by atoms with Crippen molar-refractivity contribution in [1.29, 1.82) is 0 Å². The van der Waals surface area contributed by atoms with Crippen molar-refractivity contribution in [1.82, 2.24) is 4.98 Å². The maximum Gasteiger partial charge on any atom is 0.269 e. The third-order valence-corrected chi connectivity index (χ3v) is 3.93. The van der Waals surface area contributed by atoms with Gasteiger partial charge in [0, 0.05) is 18.0 Å². The van der Waals surface area contributed by atoms with Crippen molar-refractivity contribution in [3.05, 3.63) is 78.1 Å². The molecule has 0 saturated heterocycles. The largest absolute Gasteiger partial charge is 0.271 e. The standard InChI is InChI=1S/C19H13N3O/c23-18-12-17(14-7-9-20-10-8-14)19(22-21-18)16-6-5-13-3-1-2-4-15(13)11-16/h1-11H,12H2. The van der Waals surface area contributed by atoms with Crippen LogP contribution in [0.25, 0.3) is 22.0 Å². The van der Waals surface area contributed by atoms with Crippen LogP contribution in [-0.4, -0.2) is 10.9 Å². The van der Waals surface area contributed by atoms with Crippen LogP contribution < -0.4 is 0 Å². The minimum atomic E-state index is -0.221. The molecule has 4 rings (SSSR count). The maximum atomic E-state index is 11.7. The van der Waals surface area contributed by atoms with Crippen molar-refractivity contribution in [2.24, 2.45) is 10.2 Å². The summed E-state index contributed by atoms with van der Waals surface area (Å²) in [5, 5.41) is 10.2. The Labute approximate surface area is 133 Å². The summed E-state index contributed by atoms with van der Waals surface area (Å²) in [5.74, 6) is -0.221. The van der Waals surface area contributed by atoms with E-state index in [0.29, 0.717) is 0 Å². The van der Waals surface area contributed by atoms with E-state index in [4.69, 9.17) is 0 Å². The Hall–Kier alpha value is -3.14. The van der Waals surface area contributed by atoms with Crippen molar-refractivity contribution in [2.75, 3.05) is 0 Å². The van der Waals surface area contributed by atoms with Crippen LogP contribution in [0.15, 0.2) is 77.2 Å². The Balaban J connectivity index is 1.91. The Bertz CT molecular complexity index is 959. The molecule has 1 amide bonds. The molecule has 0 bridgehead atoms. The van der Waals surface area contributed by atoms with Crippen molar-refractivity contribution >= 4 is 27.9 Å². The van der Waals surface area contributed by atoms with Crippen molar-refractivity contribution in [3.63, 3.8) is 0 Å². The predicted octanol–water partition coefficient (Wildman–Crippen LogP) is 4.49. The van der Waals surface area contributed by atoms with Crippen LogP contribution >= 0.6 is 0 Å². The van der Waals surface area contributed by atoms with Crippen LogP contribution in [0, 0.1) is 0 Å². The number of aromatic nitrogens is 1. The zero-order valence-electron chi connectivity index (χ0n) is 12.3. The Kier molecular flexibility index (Phi) is 3.27. The number of azo groups is 1. The Morgan fingerprint density at radius 3 is 2.39 bits per heavy atom. The van der Waals surface area contributed by atoms with Gasteiger partial charge in [-0.3, -0.25) is 9.78 Å². The molecule has 1 aliphatic rings. The molecule has 0 radical (unpaired) electrons. The molecule has 0 N–H and O–H groups in total. The Morgan fingerprint density at radius 2 is 1.57 bits per heavy atom. The summed E-state index contributed by atoms with van der Waals surface area (Å²) in [6.45, 7) is 0. The maximum absolute atomic E-state index is 11.7. The minimum absolute atomic E-state index is 0.221. The highest BCUT2D eigenvalue weighted by molar-refractivity contribution is 6.02. The van der Waals surface area contributed by atoms with Crippen LogP contribution in [0.3, 0.4) is 0 Å². The van der Waals surface area contributed by atoms with Crippen LogP contribution in [0.2, 0.25) is 0 Å². The molecule has 0 aliphatic carbocycles. The normalized spacial score (nSPS) is 14.5. The lowest BCUT2D eigenvalue weighted by Crippen LogP contribution is -2.03. The SMILES string of the molecule is O=C1CC(c2ccncc2)=C(c2ccc3ccccc3c2)N=N1. The third-order valence-electron chi connectivity index (χ3n) is 3.93. The average molecular weight is 299 g/mol. The van der Waals surface area contributed by atoms with E-state index in [1.165, 1.54) is 5.39 Å². The number of carbonyl (C=O) groups excluding carboxylic acids is 1. The van der Waals surface area contributed by atoms with Gasteiger partial charge in [-0.25, -0.2) is 0 Å². The minimum Gasteiger partial charge on any atom is -0.271 e. The summed E-state index contributed by atoms with van der Waals surface area (Å²) in [5.41, 5.74) is 3.56. The van der Waals surface area contributed by atoms with E-state index in [2.05, 4.69) is 39.5 Å². The second kappa shape index (κ2) is 5.57. The summed E-state index contributed by atoms with van der Waals surface area (Å²) in [7, 11) is 0. The zero-order chi connectivity index (χ0) is 15.6. The van der Waals surface area contributed by atoms with Crippen LogP contribution in [0.4, 0.5) is 0 Å². The van der Waals surface area contributed by atoms with Crippen molar-refractivity contribution in [2.45, 2.75) is 6.42 Å². The lowest BCUT2D eigenvalue weighted by atomic mass is 9.95. The lowest BCUT2D eigenvalue weighted by molar-refractivity contribution is -0.117. The fraction of sp³-hybridized carbons (Fsp3) is 0.0526. The highest BCUT2D eigenvalue weighted by Crippen LogP contribution is 2.34. The van der Waals surface area contributed by atoms with Crippen molar-refractivity contribution in [3.8, 4) is 0 Å². The van der Waals surface area contributed by atoms with Gasteiger partial charge in [0.25, 0.3) is 5.91 Å². The number of benzene rings is 2. The predicted molar refractivity (Wildman–Crippen MR) is 89.5 cm³/mol. The van der Waals surface area contributed by atoms with Crippen LogP contribution in [-0.2, 0) is 4.79 Å². The van der Waals surface area contributed by atoms with Crippen LogP contribution in [0.5, 0.6) is 0 Å². The molecular formula is C19H13N3O. The number of fused-ring (bicyclic) bond motifs is 1. The number of rotatable bonds is 2. The number of nitrogens with zero attached hydrogens (tertiary/aromatic N) is 3. The van der Waals surface area contributed by atoms with E-state index in [-0.39, 0.29) is 12.3 Å². The molecule has 110 valence electrons. The molecule has 4 nitrogen and oxygen atoms in total. The van der Waals surface area contributed by atoms with E-state index in [9.17, 15) is 4.79 Å². The highest BCUT2D eigenvalue weighted by Gasteiger charge is 2.19. The van der Waals surface area contributed by atoms with Gasteiger partial charge in [0.05, 0.1) is 12.1 Å². The van der Waals surface area contributed by atoms with Gasteiger partial charge in [-0.05, 0) is 40.1 Å². The van der Waals surface area contributed by atoms with E-state index in [1.54, 1.807) is 12.4 Å². The van der Waals surface area contributed by atoms with Crippen molar-refractivity contribution < 1.29 is 4.79 Å².